The number of hydrogen-bond donors (Lipinski definition) is 2. The summed E-state index contributed by atoms with van der Waals surface area (Å²) >= 11 is 0. The molecular weight excluding hydrogens is 256 g/mol. The molecule has 0 amide bonds. The highest BCUT2D eigenvalue weighted by atomic mass is 16.5. The predicted molar refractivity (Wildman–Crippen MR) is 78.3 cm³/mol. The molecule has 1 aromatic rings. The Bertz CT molecular complexity index is 482. The van der Waals surface area contributed by atoms with E-state index in [-0.39, 0.29) is 5.84 Å². The molecule has 1 aliphatic rings. The third-order valence-corrected chi connectivity index (χ3v) is 3.67. The van der Waals surface area contributed by atoms with Crippen molar-refractivity contribution in [2.24, 2.45) is 10.9 Å². The van der Waals surface area contributed by atoms with Gasteiger partial charge < -0.3 is 20.6 Å². The van der Waals surface area contributed by atoms with E-state index in [1.807, 2.05) is 12.1 Å². The van der Waals surface area contributed by atoms with Crippen molar-refractivity contribution in [3.05, 3.63) is 29.3 Å². The summed E-state index contributed by atoms with van der Waals surface area (Å²) in [6.07, 6.45) is 0. The topological polar surface area (TPSA) is 74.3 Å². The van der Waals surface area contributed by atoms with Gasteiger partial charge in [0.2, 0.25) is 0 Å². The molecule has 1 fully saturated rings. The molecule has 110 valence electrons. The van der Waals surface area contributed by atoms with E-state index < -0.39 is 0 Å². The molecule has 1 aliphatic heterocycles. The normalized spacial score (nSPS) is 18.2. The number of piperazine rings is 1. The van der Waals surface area contributed by atoms with Crippen LogP contribution >= 0.6 is 0 Å². The van der Waals surface area contributed by atoms with E-state index in [1.165, 1.54) is 0 Å². The maximum Gasteiger partial charge on any atom is 0.170 e. The lowest BCUT2D eigenvalue weighted by molar-refractivity contribution is 0.147. The van der Waals surface area contributed by atoms with Gasteiger partial charge in [-0.15, -0.1) is 0 Å². The van der Waals surface area contributed by atoms with Gasteiger partial charge in [0.15, 0.2) is 5.84 Å². The fourth-order valence-corrected chi connectivity index (χ4v) is 2.37. The lowest BCUT2D eigenvalue weighted by atomic mass is 10.1. The Kier molecular flexibility index (Phi) is 4.81. The van der Waals surface area contributed by atoms with E-state index in [0.717, 1.165) is 44.0 Å². The standard InChI is InChI=1S/C14H22N4O2/c1-17-5-7-18(8-6-17)10-12-9-11(14(15)16-19)3-4-13(12)20-2/h3-4,9,19H,5-8,10H2,1-2H3,(H2,15,16). The van der Waals surface area contributed by atoms with Gasteiger partial charge in [-0.1, -0.05) is 5.16 Å². The van der Waals surface area contributed by atoms with Gasteiger partial charge in [-0.25, -0.2) is 0 Å². The Morgan fingerprint density at radius 3 is 2.65 bits per heavy atom. The molecule has 0 aliphatic carbocycles. The Hall–Kier alpha value is -1.79. The molecule has 1 saturated heterocycles. The highest BCUT2D eigenvalue weighted by Crippen LogP contribution is 2.22. The first-order chi connectivity index (χ1) is 9.63. The minimum Gasteiger partial charge on any atom is -0.496 e. The summed E-state index contributed by atoms with van der Waals surface area (Å²) in [6, 6.07) is 5.58. The number of benzene rings is 1. The van der Waals surface area contributed by atoms with Crippen molar-refractivity contribution in [1.29, 1.82) is 0 Å². The molecule has 6 heteroatoms. The van der Waals surface area contributed by atoms with Crippen LogP contribution in [0, 0.1) is 0 Å². The molecule has 0 atom stereocenters. The van der Waals surface area contributed by atoms with Crippen LogP contribution in [-0.2, 0) is 6.54 Å². The largest absolute Gasteiger partial charge is 0.496 e. The summed E-state index contributed by atoms with van der Waals surface area (Å²) in [5, 5.41) is 11.8. The molecule has 0 spiro atoms. The molecule has 20 heavy (non-hydrogen) atoms. The molecule has 0 aromatic heterocycles. The number of amidine groups is 1. The van der Waals surface area contributed by atoms with Crippen molar-refractivity contribution in [3.8, 4) is 5.75 Å². The average molecular weight is 278 g/mol. The molecule has 3 N–H and O–H groups in total. The molecule has 0 unspecified atom stereocenters. The summed E-state index contributed by atoms with van der Waals surface area (Å²) in [4.78, 5) is 4.70. The number of likely N-dealkylation sites (N-methyl/N-ethyl adjacent to an activating group) is 1. The summed E-state index contributed by atoms with van der Waals surface area (Å²) in [7, 11) is 3.79. The van der Waals surface area contributed by atoms with Gasteiger partial charge in [0, 0.05) is 43.9 Å². The van der Waals surface area contributed by atoms with Crippen LogP contribution in [-0.4, -0.2) is 61.2 Å². The van der Waals surface area contributed by atoms with Crippen molar-refractivity contribution in [2.75, 3.05) is 40.3 Å². The Balaban J connectivity index is 2.16. The predicted octanol–water partition coefficient (Wildman–Crippen LogP) is 0.537. The zero-order valence-electron chi connectivity index (χ0n) is 12.0. The van der Waals surface area contributed by atoms with E-state index in [9.17, 15) is 0 Å². The SMILES string of the molecule is COc1ccc(/C(N)=N/O)cc1CN1CCN(C)CC1. The van der Waals surface area contributed by atoms with E-state index in [0.29, 0.717) is 5.56 Å². The Labute approximate surface area is 119 Å². The fourth-order valence-electron chi connectivity index (χ4n) is 2.37. The monoisotopic (exact) mass is 278 g/mol. The lowest BCUT2D eigenvalue weighted by Gasteiger charge is -2.32. The summed E-state index contributed by atoms with van der Waals surface area (Å²) in [5.74, 6) is 0.950. The quantitative estimate of drug-likeness (QED) is 0.364. The van der Waals surface area contributed by atoms with Crippen LogP contribution in [0.1, 0.15) is 11.1 Å². The van der Waals surface area contributed by atoms with Gasteiger partial charge in [-0.3, -0.25) is 4.90 Å². The van der Waals surface area contributed by atoms with Crippen LogP contribution in [0.5, 0.6) is 5.75 Å². The third kappa shape index (κ3) is 3.40. The van der Waals surface area contributed by atoms with Gasteiger partial charge in [0.1, 0.15) is 5.75 Å². The number of rotatable bonds is 4. The van der Waals surface area contributed by atoms with E-state index in [2.05, 4.69) is 22.0 Å². The number of nitrogens with two attached hydrogens (primary N) is 1. The van der Waals surface area contributed by atoms with Crippen molar-refractivity contribution in [1.82, 2.24) is 9.80 Å². The maximum absolute atomic E-state index is 8.77. The lowest BCUT2D eigenvalue weighted by Crippen LogP contribution is -2.43. The average Bonchev–Trinajstić information content (AvgIpc) is 2.48. The van der Waals surface area contributed by atoms with Crippen molar-refractivity contribution >= 4 is 5.84 Å². The second-order valence-electron chi connectivity index (χ2n) is 5.09. The van der Waals surface area contributed by atoms with Crippen molar-refractivity contribution in [2.45, 2.75) is 6.54 Å². The highest BCUT2D eigenvalue weighted by molar-refractivity contribution is 5.97. The smallest absolute Gasteiger partial charge is 0.170 e. The zero-order chi connectivity index (χ0) is 14.5. The third-order valence-electron chi connectivity index (χ3n) is 3.67. The fraction of sp³-hybridized carbons (Fsp3) is 0.500. The van der Waals surface area contributed by atoms with Crippen LogP contribution in [0.25, 0.3) is 0 Å². The summed E-state index contributed by atoms with van der Waals surface area (Å²) in [5.41, 5.74) is 7.41. The molecule has 0 radical (unpaired) electrons. The number of oxime groups is 1. The van der Waals surface area contributed by atoms with Crippen LogP contribution in [0.3, 0.4) is 0 Å². The van der Waals surface area contributed by atoms with Crippen LogP contribution in [0.4, 0.5) is 0 Å². The zero-order valence-corrected chi connectivity index (χ0v) is 12.0. The number of ether oxygens (including phenoxy) is 1. The van der Waals surface area contributed by atoms with Crippen molar-refractivity contribution < 1.29 is 9.94 Å². The first kappa shape index (κ1) is 14.6. The van der Waals surface area contributed by atoms with Crippen LogP contribution in [0.2, 0.25) is 0 Å². The van der Waals surface area contributed by atoms with Gasteiger partial charge in [0.05, 0.1) is 7.11 Å². The second kappa shape index (κ2) is 6.58. The molecule has 0 saturated carbocycles. The minimum atomic E-state index is 0.118. The molecule has 0 bridgehead atoms. The highest BCUT2D eigenvalue weighted by Gasteiger charge is 2.16. The molecule has 6 nitrogen and oxygen atoms in total. The maximum atomic E-state index is 8.77. The van der Waals surface area contributed by atoms with E-state index >= 15 is 0 Å². The van der Waals surface area contributed by atoms with Gasteiger partial charge >= 0.3 is 0 Å². The van der Waals surface area contributed by atoms with Gasteiger partial charge in [-0.2, -0.15) is 0 Å². The first-order valence-corrected chi connectivity index (χ1v) is 6.69. The first-order valence-electron chi connectivity index (χ1n) is 6.69. The van der Waals surface area contributed by atoms with Gasteiger partial charge in [0.25, 0.3) is 0 Å². The van der Waals surface area contributed by atoms with Crippen molar-refractivity contribution in [3.63, 3.8) is 0 Å². The molecular formula is C14H22N4O2. The molecule has 1 aromatic carbocycles. The Morgan fingerprint density at radius 1 is 1.35 bits per heavy atom. The molecule has 2 rings (SSSR count). The van der Waals surface area contributed by atoms with Crippen LogP contribution in [0.15, 0.2) is 23.4 Å². The van der Waals surface area contributed by atoms with Gasteiger partial charge in [-0.05, 0) is 25.2 Å². The second-order valence-corrected chi connectivity index (χ2v) is 5.09. The van der Waals surface area contributed by atoms with E-state index in [1.54, 1.807) is 13.2 Å². The minimum absolute atomic E-state index is 0.118. The Morgan fingerprint density at radius 2 is 2.05 bits per heavy atom. The van der Waals surface area contributed by atoms with Crippen LogP contribution < -0.4 is 10.5 Å². The van der Waals surface area contributed by atoms with E-state index in [4.69, 9.17) is 15.7 Å². The number of nitrogens with zero attached hydrogens (tertiary/aromatic N) is 3. The summed E-state index contributed by atoms with van der Waals surface area (Å²) in [6.45, 7) is 5.02. The summed E-state index contributed by atoms with van der Waals surface area (Å²) < 4.78 is 5.40. The number of methoxy groups -OCH3 is 1. The number of hydrogen-bond acceptors (Lipinski definition) is 5. The molecule has 1 heterocycles.